The third-order valence-electron chi connectivity index (χ3n) is 4.41. The summed E-state index contributed by atoms with van der Waals surface area (Å²) < 4.78 is 21.7. The number of hydrogen-bond acceptors (Lipinski definition) is 6. The van der Waals surface area contributed by atoms with Crippen LogP contribution in [0.2, 0.25) is 0 Å². The maximum absolute atomic E-state index is 11.0. The van der Waals surface area contributed by atoms with Gasteiger partial charge in [0.15, 0.2) is 23.0 Å². The quantitative estimate of drug-likeness (QED) is 0.500. The minimum absolute atomic E-state index is 0.179. The number of hydrogen-bond donors (Lipinski definition) is 2. The van der Waals surface area contributed by atoms with E-state index in [4.69, 9.17) is 24.7 Å². The Labute approximate surface area is 172 Å². The van der Waals surface area contributed by atoms with Crippen molar-refractivity contribution in [2.45, 2.75) is 19.3 Å². The summed E-state index contributed by atoms with van der Waals surface area (Å²) in [5.41, 5.74) is 7.24. The molecule has 2 aromatic rings. The number of carbonyl (C=O) groups excluding carboxylic acids is 1. The Morgan fingerprint density at radius 1 is 0.862 bits per heavy atom. The first-order valence-electron chi connectivity index (χ1n) is 9.57. The monoisotopic (exact) mass is 402 g/mol. The van der Waals surface area contributed by atoms with Crippen LogP contribution in [-0.2, 0) is 17.6 Å². The lowest BCUT2D eigenvalue weighted by Crippen LogP contribution is -2.22. The van der Waals surface area contributed by atoms with Crippen LogP contribution in [-0.4, -0.2) is 46.9 Å². The lowest BCUT2D eigenvalue weighted by molar-refractivity contribution is -0.117. The number of nitrogens with two attached hydrogens (primary N) is 1. The number of rotatable bonds is 13. The molecule has 158 valence electrons. The molecule has 0 aliphatic rings. The van der Waals surface area contributed by atoms with Gasteiger partial charge in [0, 0.05) is 6.54 Å². The van der Waals surface area contributed by atoms with Gasteiger partial charge >= 0.3 is 0 Å². The van der Waals surface area contributed by atoms with Crippen LogP contribution in [0.5, 0.6) is 23.0 Å². The Balaban J connectivity index is 1.69. The highest BCUT2D eigenvalue weighted by Gasteiger charge is 2.08. The highest BCUT2D eigenvalue weighted by molar-refractivity contribution is 5.76. The van der Waals surface area contributed by atoms with Gasteiger partial charge < -0.3 is 30.0 Å². The molecule has 0 unspecified atom stereocenters. The zero-order valence-electron chi connectivity index (χ0n) is 17.3. The van der Waals surface area contributed by atoms with E-state index in [0.717, 1.165) is 43.0 Å². The molecule has 0 saturated carbocycles. The van der Waals surface area contributed by atoms with Gasteiger partial charge in [0.2, 0.25) is 5.91 Å². The Morgan fingerprint density at radius 3 is 2.17 bits per heavy atom. The largest absolute Gasteiger partial charge is 0.493 e. The van der Waals surface area contributed by atoms with Crippen LogP contribution in [0.3, 0.4) is 0 Å². The second-order valence-electron chi connectivity index (χ2n) is 6.52. The molecule has 0 atom stereocenters. The van der Waals surface area contributed by atoms with E-state index in [1.54, 1.807) is 33.5 Å². The van der Waals surface area contributed by atoms with Crippen LogP contribution >= 0.6 is 0 Å². The molecule has 1 amide bonds. The van der Waals surface area contributed by atoms with Crippen molar-refractivity contribution in [2.24, 2.45) is 5.73 Å². The molecular formula is C22H30N2O5. The van der Waals surface area contributed by atoms with Crippen LogP contribution in [0.1, 0.15) is 17.5 Å². The molecule has 2 rings (SSSR count). The molecule has 0 aromatic heterocycles. The van der Waals surface area contributed by atoms with Crippen LogP contribution in [0.4, 0.5) is 0 Å². The molecule has 29 heavy (non-hydrogen) atoms. The molecule has 0 heterocycles. The summed E-state index contributed by atoms with van der Waals surface area (Å²) in [4.78, 5) is 11.0. The Hall–Kier alpha value is -2.93. The molecule has 0 radical (unpaired) electrons. The number of primary amides is 1. The highest BCUT2D eigenvalue weighted by atomic mass is 16.5. The van der Waals surface area contributed by atoms with Gasteiger partial charge in [-0.25, -0.2) is 0 Å². The predicted molar refractivity (Wildman–Crippen MR) is 112 cm³/mol. The summed E-state index contributed by atoms with van der Waals surface area (Å²) in [7, 11) is 4.85. The third kappa shape index (κ3) is 7.19. The van der Waals surface area contributed by atoms with Crippen LogP contribution in [0.15, 0.2) is 36.4 Å². The Kier molecular flexibility index (Phi) is 9.11. The zero-order chi connectivity index (χ0) is 21.1. The molecule has 7 heteroatoms. The van der Waals surface area contributed by atoms with E-state index in [9.17, 15) is 4.79 Å². The van der Waals surface area contributed by atoms with Crippen LogP contribution in [0, 0.1) is 0 Å². The summed E-state index contributed by atoms with van der Waals surface area (Å²) in [6.45, 7) is 2.12. The predicted octanol–water partition coefficient (Wildman–Crippen LogP) is 2.34. The minimum atomic E-state index is -0.377. The second-order valence-corrected chi connectivity index (χ2v) is 6.52. The average molecular weight is 402 g/mol. The fraction of sp³-hybridized carbons (Fsp3) is 0.409. The normalized spacial score (nSPS) is 10.4. The van der Waals surface area contributed by atoms with Crippen molar-refractivity contribution in [3.8, 4) is 23.0 Å². The number of nitrogens with one attached hydrogen (secondary N) is 1. The van der Waals surface area contributed by atoms with Crippen LogP contribution < -0.4 is 30.0 Å². The van der Waals surface area contributed by atoms with Gasteiger partial charge in [-0.2, -0.15) is 0 Å². The standard InChI is InChI=1S/C22H30N2O5/c1-26-18-8-6-16(13-20(18)27-2)5-4-10-24-11-12-29-19-9-7-17(15-22(23)25)14-21(19)28-3/h6-9,13-14,24H,4-5,10-12,15H2,1-3H3,(H2,23,25). The smallest absolute Gasteiger partial charge is 0.221 e. The maximum Gasteiger partial charge on any atom is 0.221 e. The molecular weight excluding hydrogens is 372 g/mol. The number of ether oxygens (including phenoxy) is 4. The fourth-order valence-corrected chi connectivity index (χ4v) is 2.95. The van der Waals surface area contributed by atoms with E-state index in [2.05, 4.69) is 11.4 Å². The van der Waals surface area contributed by atoms with Crippen molar-refractivity contribution in [1.82, 2.24) is 5.32 Å². The van der Waals surface area contributed by atoms with E-state index >= 15 is 0 Å². The van der Waals surface area contributed by atoms with Crippen molar-refractivity contribution in [1.29, 1.82) is 0 Å². The summed E-state index contributed by atoms with van der Waals surface area (Å²) in [5, 5.41) is 3.37. The minimum Gasteiger partial charge on any atom is -0.493 e. The number of amides is 1. The molecule has 7 nitrogen and oxygen atoms in total. The molecule has 0 spiro atoms. The van der Waals surface area contributed by atoms with Crippen molar-refractivity contribution < 1.29 is 23.7 Å². The fourth-order valence-electron chi connectivity index (χ4n) is 2.95. The lowest BCUT2D eigenvalue weighted by Gasteiger charge is -2.12. The number of carbonyl (C=O) groups is 1. The van der Waals surface area contributed by atoms with E-state index in [1.165, 1.54) is 5.56 Å². The number of benzene rings is 2. The second kappa shape index (κ2) is 11.8. The molecule has 3 N–H and O–H groups in total. The lowest BCUT2D eigenvalue weighted by atomic mass is 10.1. The number of methoxy groups -OCH3 is 3. The van der Waals surface area contributed by atoms with Gasteiger partial charge in [0.1, 0.15) is 6.61 Å². The van der Waals surface area contributed by atoms with Crippen molar-refractivity contribution in [3.63, 3.8) is 0 Å². The van der Waals surface area contributed by atoms with Gasteiger partial charge in [-0.05, 0) is 54.8 Å². The Bertz CT molecular complexity index is 795. The van der Waals surface area contributed by atoms with Gasteiger partial charge in [-0.1, -0.05) is 12.1 Å². The highest BCUT2D eigenvalue weighted by Crippen LogP contribution is 2.29. The molecule has 0 fully saturated rings. The molecule has 0 bridgehead atoms. The van der Waals surface area contributed by atoms with Gasteiger partial charge in [0.05, 0.1) is 27.8 Å². The first-order chi connectivity index (χ1) is 14.1. The Morgan fingerprint density at radius 2 is 1.48 bits per heavy atom. The van der Waals surface area contributed by atoms with Gasteiger partial charge in [-0.3, -0.25) is 4.79 Å². The molecule has 2 aromatic carbocycles. The first-order valence-corrected chi connectivity index (χ1v) is 9.57. The van der Waals surface area contributed by atoms with Gasteiger partial charge in [-0.15, -0.1) is 0 Å². The van der Waals surface area contributed by atoms with E-state index in [1.807, 2.05) is 18.2 Å². The summed E-state index contributed by atoms with van der Waals surface area (Å²) >= 11 is 0. The van der Waals surface area contributed by atoms with Crippen molar-refractivity contribution in [3.05, 3.63) is 47.5 Å². The van der Waals surface area contributed by atoms with E-state index in [0.29, 0.717) is 18.1 Å². The molecule has 0 aliphatic carbocycles. The van der Waals surface area contributed by atoms with Crippen molar-refractivity contribution >= 4 is 5.91 Å². The van der Waals surface area contributed by atoms with Crippen molar-refractivity contribution in [2.75, 3.05) is 41.0 Å². The van der Waals surface area contributed by atoms with E-state index < -0.39 is 0 Å². The summed E-state index contributed by atoms with van der Waals surface area (Å²) in [5.74, 6) is 2.36. The molecule has 0 saturated heterocycles. The first kappa shape index (κ1) is 22.4. The zero-order valence-corrected chi connectivity index (χ0v) is 17.3. The van der Waals surface area contributed by atoms with Crippen LogP contribution in [0.25, 0.3) is 0 Å². The van der Waals surface area contributed by atoms with E-state index in [-0.39, 0.29) is 12.3 Å². The van der Waals surface area contributed by atoms with Gasteiger partial charge in [0.25, 0.3) is 0 Å². The SMILES string of the molecule is COc1ccc(CCCNCCOc2ccc(CC(N)=O)cc2OC)cc1OC. The average Bonchev–Trinajstić information content (AvgIpc) is 2.73. The third-order valence-corrected chi connectivity index (χ3v) is 4.41. The maximum atomic E-state index is 11.0. The topological polar surface area (TPSA) is 92.0 Å². The molecule has 0 aliphatic heterocycles. The number of aryl methyl sites for hydroxylation is 1. The summed E-state index contributed by atoms with van der Waals surface area (Å²) in [6, 6.07) is 11.4. The summed E-state index contributed by atoms with van der Waals surface area (Å²) in [6.07, 6.45) is 2.13.